The number of nitrogens with one attached hydrogen (secondary N) is 4. The summed E-state index contributed by atoms with van der Waals surface area (Å²) in [5.41, 5.74) is 5.63. The van der Waals surface area contributed by atoms with Crippen LogP contribution in [0.3, 0.4) is 0 Å². The van der Waals surface area contributed by atoms with Crippen LogP contribution < -0.4 is 21.3 Å². The molecule has 0 aliphatic heterocycles. The van der Waals surface area contributed by atoms with E-state index in [1.165, 1.54) is 67.2 Å². The van der Waals surface area contributed by atoms with E-state index in [-0.39, 0.29) is 75.4 Å². The zero-order valence-electron chi connectivity index (χ0n) is 30.4. The zero-order valence-corrected chi connectivity index (χ0v) is 37.2. The molecule has 0 saturated heterocycles. The Hall–Kier alpha value is -1.36. The molecule has 4 rings (SSSR count). The lowest BCUT2D eigenvalue weighted by Gasteiger charge is -2.18. The highest BCUT2D eigenvalue weighted by Crippen LogP contribution is 2.28. The molecular formula is C44H68Br4N4. The zero-order chi connectivity index (χ0) is 32.5. The van der Waals surface area contributed by atoms with Gasteiger partial charge in [-0.05, 0) is 113 Å². The Labute approximate surface area is 359 Å². The lowest BCUT2D eigenvalue weighted by molar-refractivity contribution is 0.531. The summed E-state index contributed by atoms with van der Waals surface area (Å²) in [5, 5.41) is 14.6. The van der Waals surface area contributed by atoms with Crippen LogP contribution in [-0.4, -0.2) is 52.4 Å². The summed E-state index contributed by atoms with van der Waals surface area (Å²) < 4.78 is 0. The Morgan fingerprint density at radius 2 is 0.519 bits per heavy atom. The Balaban J connectivity index is 0. The molecule has 4 N–H and O–H groups in total. The smallest absolute Gasteiger partial charge is 0.0101 e. The van der Waals surface area contributed by atoms with Gasteiger partial charge < -0.3 is 21.3 Å². The predicted molar refractivity (Wildman–Crippen MR) is 251 cm³/mol. The van der Waals surface area contributed by atoms with Crippen LogP contribution in [0.5, 0.6) is 0 Å². The second-order valence-electron chi connectivity index (χ2n) is 12.8. The minimum Gasteiger partial charge on any atom is -0.317 e. The molecule has 0 aliphatic carbocycles. The molecule has 52 heavy (non-hydrogen) atoms. The number of halogens is 4. The van der Waals surface area contributed by atoms with Gasteiger partial charge in [0.05, 0.1) is 0 Å². The Morgan fingerprint density at radius 3 is 0.808 bits per heavy atom. The van der Waals surface area contributed by atoms with Crippen molar-refractivity contribution in [2.45, 2.75) is 77.0 Å². The molecule has 292 valence electrons. The second-order valence-corrected chi connectivity index (χ2v) is 12.8. The minimum atomic E-state index is 0. The molecule has 4 nitrogen and oxygen atoms in total. The predicted octanol–water partition coefficient (Wildman–Crippen LogP) is 11.5. The lowest BCUT2D eigenvalue weighted by Crippen LogP contribution is -2.24. The third-order valence-corrected chi connectivity index (χ3v) is 9.15. The van der Waals surface area contributed by atoms with Gasteiger partial charge in [-0.25, -0.2) is 0 Å². The van der Waals surface area contributed by atoms with Crippen molar-refractivity contribution in [1.29, 1.82) is 0 Å². The van der Waals surface area contributed by atoms with Gasteiger partial charge in [0, 0.05) is 11.8 Å². The van der Waals surface area contributed by atoms with Gasteiger partial charge in [0.25, 0.3) is 0 Å². The summed E-state index contributed by atoms with van der Waals surface area (Å²) in [5.74, 6) is 0.909. The van der Waals surface area contributed by atoms with Crippen LogP contribution in [0.15, 0.2) is 121 Å². The van der Waals surface area contributed by atoms with Crippen molar-refractivity contribution in [1.82, 2.24) is 21.3 Å². The van der Waals surface area contributed by atoms with E-state index in [9.17, 15) is 0 Å². The molecule has 4 aromatic rings. The molecule has 8 heteroatoms. The Kier molecular flexibility index (Phi) is 35.9. The van der Waals surface area contributed by atoms with E-state index in [2.05, 4.69) is 143 Å². The van der Waals surface area contributed by atoms with Crippen molar-refractivity contribution in [2.75, 3.05) is 52.4 Å². The Bertz CT molecular complexity index is 1110. The van der Waals surface area contributed by atoms with Crippen molar-refractivity contribution in [2.24, 2.45) is 0 Å². The highest BCUT2D eigenvalue weighted by Gasteiger charge is 2.14. The molecule has 0 radical (unpaired) electrons. The van der Waals surface area contributed by atoms with E-state index in [0.717, 1.165) is 65.2 Å². The van der Waals surface area contributed by atoms with Crippen LogP contribution >= 0.6 is 67.9 Å². The second kappa shape index (κ2) is 35.3. The van der Waals surface area contributed by atoms with Crippen molar-refractivity contribution < 1.29 is 0 Å². The van der Waals surface area contributed by atoms with Gasteiger partial charge in [-0.2, -0.15) is 0 Å². The van der Waals surface area contributed by atoms with E-state index in [1.807, 2.05) is 0 Å². The maximum atomic E-state index is 3.67. The van der Waals surface area contributed by atoms with Gasteiger partial charge in [0.2, 0.25) is 0 Å². The van der Waals surface area contributed by atoms with Gasteiger partial charge in [-0.15, -0.1) is 67.9 Å². The van der Waals surface area contributed by atoms with Gasteiger partial charge in [-0.1, -0.05) is 148 Å². The SMILES string of the molecule is Br.Br.Br.Br.C.c1ccc(C(CCNCCCNCCCCCCCNCCCNCCC(c2ccccc2)c2ccccc2)c2ccccc2)cc1. The normalized spacial score (nSPS) is 10.3. The molecular weight excluding hydrogens is 904 g/mol. The van der Waals surface area contributed by atoms with Crippen molar-refractivity contribution in [3.8, 4) is 0 Å². The van der Waals surface area contributed by atoms with Gasteiger partial charge in [0.1, 0.15) is 0 Å². The van der Waals surface area contributed by atoms with Crippen LogP contribution in [0.4, 0.5) is 0 Å². The highest BCUT2D eigenvalue weighted by atomic mass is 79.9. The van der Waals surface area contributed by atoms with Crippen molar-refractivity contribution >= 4 is 67.9 Å². The molecule has 0 fully saturated rings. The van der Waals surface area contributed by atoms with E-state index >= 15 is 0 Å². The van der Waals surface area contributed by atoms with E-state index in [1.54, 1.807) is 0 Å². The first-order valence-electron chi connectivity index (χ1n) is 18.4. The fourth-order valence-corrected chi connectivity index (χ4v) is 6.49. The lowest BCUT2D eigenvalue weighted by atomic mass is 9.88. The molecule has 0 unspecified atom stereocenters. The van der Waals surface area contributed by atoms with Gasteiger partial charge >= 0.3 is 0 Å². The molecule has 0 atom stereocenters. The van der Waals surface area contributed by atoms with Crippen LogP contribution in [-0.2, 0) is 0 Å². The minimum absolute atomic E-state index is 0. The molecule has 0 aliphatic rings. The number of benzene rings is 4. The summed E-state index contributed by atoms with van der Waals surface area (Å²) in [6, 6.07) is 43.7. The molecule has 0 bridgehead atoms. The summed E-state index contributed by atoms with van der Waals surface area (Å²) in [4.78, 5) is 0. The third-order valence-electron chi connectivity index (χ3n) is 9.15. The quantitative estimate of drug-likeness (QED) is 0.0474. The molecule has 0 heterocycles. The molecule has 4 aromatic carbocycles. The van der Waals surface area contributed by atoms with Crippen molar-refractivity contribution in [3.63, 3.8) is 0 Å². The average molecular weight is 973 g/mol. The maximum absolute atomic E-state index is 3.67. The molecule has 0 saturated carbocycles. The monoisotopic (exact) mass is 968 g/mol. The third kappa shape index (κ3) is 22.1. The summed E-state index contributed by atoms with van der Waals surface area (Å²) in [6.07, 6.45) is 11.2. The number of hydrogen-bond acceptors (Lipinski definition) is 4. The first-order chi connectivity index (χ1) is 23.4. The van der Waals surface area contributed by atoms with Crippen LogP contribution in [0.1, 0.15) is 99.3 Å². The molecule has 0 amide bonds. The number of unbranched alkanes of at least 4 members (excludes halogenated alkanes) is 4. The maximum Gasteiger partial charge on any atom is 0.0101 e. The van der Waals surface area contributed by atoms with Crippen LogP contribution in [0, 0.1) is 0 Å². The largest absolute Gasteiger partial charge is 0.317 e. The number of rotatable bonds is 26. The summed E-state index contributed by atoms with van der Waals surface area (Å²) in [6.45, 7) is 8.75. The Morgan fingerprint density at radius 1 is 0.288 bits per heavy atom. The van der Waals surface area contributed by atoms with Gasteiger partial charge in [0.15, 0.2) is 0 Å². The fraction of sp³-hybridized carbons (Fsp3) is 0.455. The topological polar surface area (TPSA) is 48.1 Å². The molecule has 0 spiro atoms. The van der Waals surface area contributed by atoms with E-state index < -0.39 is 0 Å². The van der Waals surface area contributed by atoms with Gasteiger partial charge in [-0.3, -0.25) is 0 Å². The summed E-state index contributed by atoms with van der Waals surface area (Å²) >= 11 is 0. The van der Waals surface area contributed by atoms with Crippen LogP contribution in [0.25, 0.3) is 0 Å². The number of hydrogen-bond donors (Lipinski definition) is 4. The van der Waals surface area contributed by atoms with Crippen molar-refractivity contribution in [3.05, 3.63) is 144 Å². The van der Waals surface area contributed by atoms with E-state index in [0.29, 0.717) is 11.8 Å². The average Bonchev–Trinajstić information content (AvgIpc) is 3.13. The van der Waals surface area contributed by atoms with E-state index in [4.69, 9.17) is 0 Å². The highest BCUT2D eigenvalue weighted by molar-refractivity contribution is 8.93. The first kappa shape index (κ1) is 52.7. The first-order valence-corrected chi connectivity index (χ1v) is 18.4. The standard InChI is InChI=1S/C43H60N4.CH4.4BrH/c1(2-16-30-44-32-18-34-46-36-28-42(38-20-8-4-9-21-38)39-22-10-5-11-23-39)3-17-31-45-33-19-35-47-37-29-43(40-24-12-6-13-25-40)41-26-14-7-15-27-41;;;;;/h4-15,20-27,42-47H,1-3,16-19,28-37H2;1H4;4*1H. The molecule has 0 aromatic heterocycles. The summed E-state index contributed by atoms with van der Waals surface area (Å²) in [7, 11) is 0. The van der Waals surface area contributed by atoms with Crippen LogP contribution in [0.2, 0.25) is 0 Å². The fourth-order valence-electron chi connectivity index (χ4n) is 6.49.